The molecule has 5 heteroatoms. The molecule has 2 aromatic carbocycles. The minimum absolute atomic E-state index is 0.105. The smallest absolute Gasteiger partial charge is 0.245 e. The average molecular weight is 365 g/mol. The van der Waals surface area contributed by atoms with Gasteiger partial charge in [0.25, 0.3) is 0 Å². The van der Waals surface area contributed by atoms with Crippen molar-refractivity contribution in [3.8, 4) is 17.2 Å². The Kier molecular flexibility index (Phi) is 3.61. The average Bonchev–Trinajstić information content (AvgIpc) is 3.36. The second-order valence-electron chi connectivity index (χ2n) is 7.51. The number of carbonyl (C=O) groups excluding carboxylic acids is 1. The van der Waals surface area contributed by atoms with E-state index < -0.39 is 5.41 Å². The van der Waals surface area contributed by atoms with Gasteiger partial charge in [-0.25, -0.2) is 0 Å². The van der Waals surface area contributed by atoms with Crippen molar-refractivity contribution < 1.29 is 19.0 Å². The Morgan fingerprint density at radius 3 is 2.52 bits per heavy atom. The maximum absolute atomic E-state index is 13.8. The van der Waals surface area contributed by atoms with Crippen LogP contribution >= 0.6 is 0 Å². The van der Waals surface area contributed by atoms with Gasteiger partial charge in [-0.3, -0.25) is 4.79 Å². The lowest BCUT2D eigenvalue weighted by atomic mass is 9.77. The highest BCUT2D eigenvalue weighted by Gasteiger charge is 2.57. The van der Waals surface area contributed by atoms with Crippen molar-refractivity contribution >= 4 is 11.6 Å². The number of hydrogen-bond acceptors (Lipinski definition) is 4. The molecule has 0 aliphatic carbocycles. The van der Waals surface area contributed by atoms with Crippen LogP contribution < -0.4 is 19.1 Å². The summed E-state index contributed by atoms with van der Waals surface area (Å²) < 4.78 is 17.1. The first kappa shape index (κ1) is 16.5. The van der Waals surface area contributed by atoms with Crippen molar-refractivity contribution in [2.45, 2.75) is 32.1 Å². The van der Waals surface area contributed by atoms with E-state index in [0.29, 0.717) is 29.8 Å². The molecule has 0 saturated heterocycles. The van der Waals surface area contributed by atoms with E-state index in [1.807, 2.05) is 29.2 Å². The van der Waals surface area contributed by atoms with Gasteiger partial charge in [-0.1, -0.05) is 44.9 Å². The third-order valence-electron chi connectivity index (χ3n) is 6.24. The number of anilines is 1. The molecule has 0 N–H and O–H groups in total. The van der Waals surface area contributed by atoms with Gasteiger partial charge in [0.1, 0.15) is 17.8 Å². The Hall–Kier alpha value is -2.69. The summed E-state index contributed by atoms with van der Waals surface area (Å²) in [4.78, 5) is 15.8. The van der Waals surface area contributed by atoms with Crippen molar-refractivity contribution in [2.24, 2.45) is 5.92 Å². The molecule has 3 aliphatic rings. The first-order valence-electron chi connectivity index (χ1n) is 9.67. The summed E-state index contributed by atoms with van der Waals surface area (Å²) in [5.41, 5.74) is 2.12. The lowest BCUT2D eigenvalue weighted by Gasteiger charge is -2.26. The molecule has 5 nitrogen and oxygen atoms in total. The van der Waals surface area contributed by atoms with E-state index in [1.54, 1.807) is 0 Å². The standard InChI is InChI=1S/C22H23NO4/c1-3-14(4-2)11-23-17-8-6-5-7-15(17)22(21(23)24)12-25-18-10-20-19(9-16(18)22)26-13-27-20/h5-10,14H,3-4,11-13H2,1-2H3. The molecular formula is C22H23NO4. The van der Waals surface area contributed by atoms with Crippen molar-refractivity contribution in [3.63, 3.8) is 0 Å². The first-order chi connectivity index (χ1) is 13.2. The second-order valence-corrected chi connectivity index (χ2v) is 7.51. The lowest BCUT2D eigenvalue weighted by molar-refractivity contribution is -0.122. The van der Waals surface area contributed by atoms with Crippen LogP contribution in [-0.4, -0.2) is 25.9 Å². The van der Waals surface area contributed by atoms with Gasteiger partial charge in [0, 0.05) is 23.9 Å². The third kappa shape index (κ3) is 2.14. The molecule has 1 unspecified atom stereocenters. The highest BCUT2D eigenvalue weighted by molar-refractivity contribution is 6.11. The predicted molar refractivity (Wildman–Crippen MR) is 102 cm³/mol. The van der Waals surface area contributed by atoms with Gasteiger partial charge >= 0.3 is 0 Å². The SMILES string of the molecule is CCC(CC)CN1C(=O)C2(COc3cc4c(cc32)OCO4)c2ccccc21. The van der Waals surface area contributed by atoms with E-state index in [9.17, 15) is 4.79 Å². The molecule has 27 heavy (non-hydrogen) atoms. The van der Waals surface area contributed by atoms with E-state index in [4.69, 9.17) is 14.2 Å². The molecule has 0 saturated carbocycles. The highest BCUT2D eigenvalue weighted by atomic mass is 16.7. The number of carbonyl (C=O) groups is 1. The second kappa shape index (κ2) is 5.91. The third-order valence-corrected chi connectivity index (χ3v) is 6.24. The summed E-state index contributed by atoms with van der Waals surface area (Å²) in [6.07, 6.45) is 2.11. The van der Waals surface area contributed by atoms with Crippen LogP contribution in [0.25, 0.3) is 0 Å². The van der Waals surface area contributed by atoms with E-state index in [-0.39, 0.29) is 12.7 Å². The van der Waals surface area contributed by atoms with Crippen molar-refractivity contribution in [3.05, 3.63) is 47.5 Å². The fraction of sp³-hybridized carbons (Fsp3) is 0.409. The molecule has 140 valence electrons. The Morgan fingerprint density at radius 1 is 1.00 bits per heavy atom. The van der Waals surface area contributed by atoms with E-state index in [1.165, 1.54) is 0 Å². The molecule has 0 fully saturated rings. The molecule has 0 radical (unpaired) electrons. The van der Waals surface area contributed by atoms with Gasteiger partial charge in [0.05, 0.1) is 0 Å². The number of amides is 1. The van der Waals surface area contributed by atoms with Crippen LogP contribution in [0.5, 0.6) is 17.2 Å². The summed E-state index contributed by atoms with van der Waals surface area (Å²) in [5, 5.41) is 0. The van der Waals surface area contributed by atoms with Crippen LogP contribution in [0.3, 0.4) is 0 Å². The highest BCUT2D eigenvalue weighted by Crippen LogP contribution is 2.55. The van der Waals surface area contributed by atoms with Crippen LogP contribution in [0.15, 0.2) is 36.4 Å². The van der Waals surface area contributed by atoms with E-state index in [2.05, 4.69) is 26.0 Å². The van der Waals surface area contributed by atoms with Gasteiger partial charge in [-0.15, -0.1) is 0 Å². The summed E-state index contributed by atoms with van der Waals surface area (Å²) >= 11 is 0. The molecule has 0 bridgehead atoms. The van der Waals surface area contributed by atoms with Gasteiger partial charge < -0.3 is 19.1 Å². The zero-order valence-electron chi connectivity index (χ0n) is 15.7. The minimum Gasteiger partial charge on any atom is -0.491 e. The summed E-state index contributed by atoms with van der Waals surface area (Å²) in [7, 11) is 0. The van der Waals surface area contributed by atoms with Gasteiger partial charge in [0.2, 0.25) is 12.7 Å². The Balaban J connectivity index is 1.65. The summed E-state index contributed by atoms with van der Waals surface area (Å²) in [6.45, 7) is 5.64. The van der Waals surface area contributed by atoms with Crippen LogP contribution in [0.4, 0.5) is 5.69 Å². The first-order valence-corrected chi connectivity index (χ1v) is 9.67. The van der Waals surface area contributed by atoms with Crippen LogP contribution in [0, 0.1) is 5.92 Å². The number of hydrogen-bond donors (Lipinski definition) is 0. The number of nitrogens with zero attached hydrogens (tertiary/aromatic N) is 1. The molecule has 3 aliphatic heterocycles. The molecule has 1 spiro atoms. The van der Waals surface area contributed by atoms with Crippen molar-refractivity contribution in [2.75, 3.05) is 24.8 Å². The van der Waals surface area contributed by atoms with Gasteiger partial charge in [-0.05, 0) is 23.6 Å². The number of ether oxygens (including phenoxy) is 3. The van der Waals surface area contributed by atoms with Gasteiger partial charge in [-0.2, -0.15) is 0 Å². The molecule has 3 heterocycles. The maximum atomic E-state index is 13.8. The molecule has 2 aromatic rings. The molecule has 0 aromatic heterocycles. The topological polar surface area (TPSA) is 48.0 Å². The van der Waals surface area contributed by atoms with Crippen molar-refractivity contribution in [1.82, 2.24) is 0 Å². The number of fused-ring (bicyclic) bond motifs is 5. The molecule has 1 atom stereocenters. The minimum atomic E-state index is -0.793. The Morgan fingerprint density at radius 2 is 1.74 bits per heavy atom. The normalized spacial score (nSPS) is 21.7. The monoisotopic (exact) mass is 365 g/mol. The molecular weight excluding hydrogens is 342 g/mol. The number of benzene rings is 2. The van der Waals surface area contributed by atoms with Crippen LogP contribution in [0.1, 0.15) is 37.8 Å². The largest absolute Gasteiger partial charge is 0.491 e. The number of rotatable bonds is 4. The fourth-order valence-corrected chi connectivity index (χ4v) is 4.55. The zero-order valence-corrected chi connectivity index (χ0v) is 15.7. The van der Waals surface area contributed by atoms with Crippen LogP contribution in [0.2, 0.25) is 0 Å². The maximum Gasteiger partial charge on any atom is 0.245 e. The zero-order chi connectivity index (χ0) is 18.6. The summed E-state index contributed by atoms with van der Waals surface area (Å²) in [5.74, 6) is 2.66. The van der Waals surface area contributed by atoms with Crippen molar-refractivity contribution in [1.29, 1.82) is 0 Å². The fourth-order valence-electron chi connectivity index (χ4n) is 4.55. The summed E-state index contributed by atoms with van der Waals surface area (Å²) in [6, 6.07) is 11.9. The molecule has 5 rings (SSSR count). The van der Waals surface area contributed by atoms with E-state index >= 15 is 0 Å². The van der Waals surface area contributed by atoms with Gasteiger partial charge in [0.15, 0.2) is 11.5 Å². The lowest BCUT2D eigenvalue weighted by Crippen LogP contribution is -2.44. The predicted octanol–water partition coefficient (Wildman–Crippen LogP) is 3.88. The number of para-hydroxylation sites is 1. The van der Waals surface area contributed by atoms with Crippen LogP contribution in [-0.2, 0) is 10.2 Å². The molecule has 1 amide bonds. The Bertz CT molecular complexity index is 921. The quantitative estimate of drug-likeness (QED) is 0.825. The van der Waals surface area contributed by atoms with E-state index in [0.717, 1.165) is 36.2 Å². The Labute approximate surface area is 158 Å².